The van der Waals surface area contributed by atoms with Crippen molar-refractivity contribution in [3.63, 3.8) is 0 Å². The number of sulfonamides is 2. The fraction of sp³-hybridized carbons (Fsp3) is 0.538. The van der Waals surface area contributed by atoms with E-state index in [-0.39, 0.29) is 23.1 Å². The minimum absolute atomic E-state index is 0.00721. The number of aromatic hydroxyl groups is 1. The maximum absolute atomic E-state index is 12.4. The van der Waals surface area contributed by atoms with E-state index in [2.05, 4.69) is 16.4 Å². The molecular formula is C26H38N2O6S2. The molecule has 0 aromatic heterocycles. The molecule has 0 aliphatic heterocycles. The quantitative estimate of drug-likeness (QED) is 0.347. The van der Waals surface area contributed by atoms with E-state index in [9.17, 15) is 27.0 Å². The van der Waals surface area contributed by atoms with E-state index in [1.165, 1.54) is 24.3 Å². The van der Waals surface area contributed by atoms with Gasteiger partial charge in [0.15, 0.2) is 0 Å². The largest absolute Gasteiger partial charge is 0.508 e. The summed E-state index contributed by atoms with van der Waals surface area (Å²) in [6, 6.07) is 13.0. The Bertz CT molecular complexity index is 1200. The highest BCUT2D eigenvalue weighted by Gasteiger charge is 2.36. The Morgan fingerprint density at radius 3 is 2.06 bits per heavy atom. The van der Waals surface area contributed by atoms with E-state index in [4.69, 9.17) is 0 Å². The molecule has 0 spiro atoms. The monoisotopic (exact) mass is 538 g/mol. The van der Waals surface area contributed by atoms with Crippen molar-refractivity contribution in [2.45, 2.75) is 68.6 Å². The molecule has 200 valence electrons. The SMILES string of the molecule is CC(CNS(=O)(=O)C(C)C)C1CCC(O)(c2ccc(CCNS(=O)(=O)c3ccc(O)cc3)cc2)CC1. The Kier molecular flexibility index (Phi) is 9.21. The molecule has 0 saturated heterocycles. The van der Waals surface area contributed by atoms with Gasteiger partial charge in [0, 0.05) is 13.1 Å². The van der Waals surface area contributed by atoms with Crippen LogP contribution in [0.3, 0.4) is 0 Å². The molecule has 4 N–H and O–H groups in total. The van der Waals surface area contributed by atoms with Gasteiger partial charge in [-0.25, -0.2) is 26.3 Å². The minimum atomic E-state index is -3.65. The molecule has 1 atom stereocenters. The molecule has 0 bridgehead atoms. The van der Waals surface area contributed by atoms with Gasteiger partial charge in [0.05, 0.1) is 15.7 Å². The second-order valence-corrected chi connectivity index (χ2v) is 14.2. The van der Waals surface area contributed by atoms with Gasteiger partial charge in [-0.3, -0.25) is 0 Å². The average molecular weight is 539 g/mol. The standard InChI is InChI=1S/C26H38N2O6S2/c1-19(2)35(31,32)28-18-20(3)22-12-15-26(30,16-13-22)23-6-4-21(5-7-23)14-17-27-36(33,34)25-10-8-24(29)9-11-25/h4-11,19-20,22,27-30H,12-18H2,1-3H3. The van der Waals surface area contributed by atoms with Crippen LogP contribution in [0, 0.1) is 11.8 Å². The van der Waals surface area contributed by atoms with Gasteiger partial charge in [-0.2, -0.15) is 0 Å². The highest BCUT2D eigenvalue weighted by atomic mass is 32.2. The number of hydrogen-bond acceptors (Lipinski definition) is 6. The molecule has 1 unspecified atom stereocenters. The second kappa shape index (κ2) is 11.6. The zero-order chi connectivity index (χ0) is 26.6. The van der Waals surface area contributed by atoms with Crippen molar-refractivity contribution < 1.29 is 27.0 Å². The number of phenols is 1. The highest BCUT2D eigenvalue weighted by Crippen LogP contribution is 2.41. The van der Waals surface area contributed by atoms with Gasteiger partial charge in [0.2, 0.25) is 20.0 Å². The molecule has 0 radical (unpaired) electrons. The first-order valence-electron chi connectivity index (χ1n) is 12.4. The van der Waals surface area contributed by atoms with Gasteiger partial charge in [0.1, 0.15) is 5.75 Å². The van der Waals surface area contributed by atoms with E-state index in [1.54, 1.807) is 13.8 Å². The molecule has 36 heavy (non-hydrogen) atoms. The third kappa shape index (κ3) is 7.29. The number of phenolic OH excluding ortho intramolecular Hbond substituents is 1. The average Bonchev–Trinajstić information content (AvgIpc) is 2.83. The highest BCUT2D eigenvalue weighted by molar-refractivity contribution is 7.90. The molecule has 3 rings (SSSR count). The molecule has 8 nitrogen and oxygen atoms in total. The van der Waals surface area contributed by atoms with Gasteiger partial charge in [-0.1, -0.05) is 31.2 Å². The molecule has 1 fully saturated rings. The number of aliphatic hydroxyl groups is 1. The lowest BCUT2D eigenvalue weighted by molar-refractivity contribution is -0.0207. The number of hydrogen-bond donors (Lipinski definition) is 4. The first kappa shape index (κ1) is 28.6. The van der Waals surface area contributed by atoms with Crippen molar-refractivity contribution in [2.24, 2.45) is 11.8 Å². The summed E-state index contributed by atoms with van der Waals surface area (Å²) in [5.41, 5.74) is 0.894. The summed E-state index contributed by atoms with van der Waals surface area (Å²) in [4.78, 5) is 0.0973. The fourth-order valence-electron chi connectivity index (χ4n) is 4.58. The van der Waals surface area contributed by atoms with E-state index >= 15 is 0 Å². The summed E-state index contributed by atoms with van der Waals surface area (Å²) < 4.78 is 54.1. The van der Waals surface area contributed by atoms with Crippen LogP contribution in [0.1, 0.15) is 57.6 Å². The lowest BCUT2D eigenvalue weighted by Gasteiger charge is -2.38. The third-order valence-electron chi connectivity index (χ3n) is 7.23. The number of rotatable bonds is 11. The van der Waals surface area contributed by atoms with Crippen LogP contribution >= 0.6 is 0 Å². The second-order valence-electron chi connectivity index (χ2n) is 10.1. The predicted molar refractivity (Wildman–Crippen MR) is 141 cm³/mol. The Morgan fingerprint density at radius 2 is 1.50 bits per heavy atom. The number of nitrogens with one attached hydrogen (secondary N) is 2. The van der Waals surface area contributed by atoms with Crippen molar-refractivity contribution >= 4 is 20.0 Å². The molecule has 1 aliphatic rings. The van der Waals surface area contributed by atoms with Crippen LogP contribution in [0.4, 0.5) is 0 Å². The topological polar surface area (TPSA) is 133 Å². The van der Waals surface area contributed by atoms with Gasteiger partial charge in [0.25, 0.3) is 0 Å². The molecule has 10 heteroatoms. The summed E-state index contributed by atoms with van der Waals surface area (Å²) in [5, 5.41) is 20.1. The molecule has 2 aromatic rings. The molecule has 0 heterocycles. The number of benzene rings is 2. The van der Waals surface area contributed by atoms with Crippen LogP contribution in [0.25, 0.3) is 0 Å². The van der Waals surface area contributed by atoms with Crippen molar-refractivity contribution in [3.05, 3.63) is 59.7 Å². The maximum Gasteiger partial charge on any atom is 0.240 e. The van der Waals surface area contributed by atoms with Gasteiger partial charge < -0.3 is 10.2 Å². The summed E-state index contributed by atoms with van der Waals surface area (Å²) >= 11 is 0. The predicted octanol–water partition coefficient (Wildman–Crippen LogP) is 3.25. The molecule has 1 aliphatic carbocycles. The smallest absolute Gasteiger partial charge is 0.240 e. The molecular weight excluding hydrogens is 500 g/mol. The lowest BCUT2D eigenvalue weighted by atomic mass is 9.71. The maximum atomic E-state index is 12.4. The fourth-order valence-corrected chi connectivity index (χ4v) is 6.44. The molecule has 2 aromatic carbocycles. The van der Waals surface area contributed by atoms with Crippen LogP contribution in [-0.2, 0) is 32.1 Å². The first-order valence-corrected chi connectivity index (χ1v) is 15.4. The van der Waals surface area contributed by atoms with Crippen molar-refractivity contribution in [2.75, 3.05) is 13.1 Å². The molecule has 1 saturated carbocycles. The third-order valence-corrected chi connectivity index (χ3v) is 10.5. The minimum Gasteiger partial charge on any atom is -0.508 e. The summed E-state index contributed by atoms with van der Waals surface area (Å²) in [6.45, 7) is 6.02. The summed E-state index contributed by atoms with van der Waals surface area (Å²) in [5.74, 6) is 0.546. The van der Waals surface area contributed by atoms with E-state index < -0.39 is 30.9 Å². The zero-order valence-corrected chi connectivity index (χ0v) is 22.8. The van der Waals surface area contributed by atoms with E-state index in [1.807, 2.05) is 24.3 Å². The van der Waals surface area contributed by atoms with E-state index in [0.717, 1.165) is 24.0 Å². The Labute approximate surface area is 215 Å². The summed E-state index contributed by atoms with van der Waals surface area (Å²) in [7, 11) is -6.93. The van der Waals surface area contributed by atoms with Gasteiger partial charge >= 0.3 is 0 Å². The van der Waals surface area contributed by atoms with Crippen molar-refractivity contribution in [1.82, 2.24) is 9.44 Å². The normalized spacial score (nSPS) is 22.0. The van der Waals surface area contributed by atoms with Gasteiger partial charge in [-0.05, 0) is 93.2 Å². The Morgan fingerprint density at radius 1 is 0.917 bits per heavy atom. The Hall–Kier alpha value is -1.98. The first-order chi connectivity index (χ1) is 16.8. The van der Waals surface area contributed by atoms with Crippen LogP contribution < -0.4 is 9.44 Å². The van der Waals surface area contributed by atoms with Crippen LogP contribution in [0.2, 0.25) is 0 Å². The van der Waals surface area contributed by atoms with Crippen LogP contribution in [-0.4, -0.2) is 45.4 Å². The summed E-state index contributed by atoms with van der Waals surface area (Å²) in [6.07, 6.45) is 3.38. The van der Waals surface area contributed by atoms with Crippen LogP contribution in [0.15, 0.2) is 53.4 Å². The van der Waals surface area contributed by atoms with Crippen LogP contribution in [0.5, 0.6) is 5.75 Å². The zero-order valence-electron chi connectivity index (χ0n) is 21.1. The van der Waals surface area contributed by atoms with Crippen molar-refractivity contribution in [3.8, 4) is 5.75 Å². The lowest BCUT2D eigenvalue weighted by Crippen LogP contribution is -2.38. The Balaban J connectivity index is 1.50. The van der Waals surface area contributed by atoms with Gasteiger partial charge in [-0.15, -0.1) is 0 Å². The van der Waals surface area contributed by atoms with Crippen molar-refractivity contribution in [1.29, 1.82) is 0 Å². The molecule has 0 amide bonds. The van der Waals surface area contributed by atoms with E-state index in [0.29, 0.717) is 31.7 Å².